The number of benzene rings is 1. The first-order valence-corrected chi connectivity index (χ1v) is 8.36. The maximum absolute atomic E-state index is 12.2. The molecule has 1 aliphatic heterocycles. The van der Waals surface area contributed by atoms with Gasteiger partial charge >= 0.3 is 11.9 Å². The molecule has 6 heteroatoms. The van der Waals surface area contributed by atoms with Gasteiger partial charge in [-0.2, -0.15) is 0 Å². The second-order valence-corrected chi connectivity index (χ2v) is 6.09. The highest BCUT2D eigenvalue weighted by atomic mass is 16.6. The van der Waals surface area contributed by atoms with Crippen LogP contribution in [0, 0.1) is 20.8 Å². The molecular weight excluding hydrogens is 332 g/mol. The molecule has 6 nitrogen and oxygen atoms in total. The summed E-state index contributed by atoms with van der Waals surface area (Å²) in [7, 11) is 0. The number of H-pyrrole nitrogens is 1. The van der Waals surface area contributed by atoms with Gasteiger partial charge in [0.25, 0.3) is 0 Å². The SMILES string of the molecule is CCOC(=O)c1c(C)[nH]c(/C=C2\N=C(c3cccc(C)c3)OC2=O)c1C. The number of rotatable bonds is 4. The van der Waals surface area contributed by atoms with E-state index in [1.54, 1.807) is 26.8 Å². The fourth-order valence-corrected chi connectivity index (χ4v) is 2.88. The Kier molecular flexibility index (Phi) is 4.75. The lowest BCUT2D eigenvalue weighted by atomic mass is 10.1. The summed E-state index contributed by atoms with van der Waals surface area (Å²) < 4.78 is 10.4. The number of hydrogen-bond acceptors (Lipinski definition) is 5. The molecule has 0 saturated heterocycles. The molecule has 0 atom stereocenters. The smallest absolute Gasteiger partial charge is 0.363 e. The summed E-state index contributed by atoms with van der Waals surface area (Å²) in [6.07, 6.45) is 1.59. The van der Waals surface area contributed by atoms with Gasteiger partial charge in [-0.15, -0.1) is 0 Å². The summed E-state index contributed by atoms with van der Waals surface area (Å²) in [5.74, 6) is -0.635. The van der Waals surface area contributed by atoms with E-state index in [2.05, 4.69) is 9.98 Å². The van der Waals surface area contributed by atoms with Crippen molar-refractivity contribution in [2.45, 2.75) is 27.7 Å². The van der Waals surface area contributed by atoms with Crippen molar-refractivity contribution in [2.75, 3.05) is 6.61 Å². The van der Waals surface area contributed by atoms with Gasteiger partial charge in [0.2, 0.25) is 5.90 Å². The Morgan fingerprint density at radius 3 is 2.77 bits per heavy atom. The molecule has 134 valence electrons. The third kappa shape index (κ3) is 3.31. The van der Waals surface area contributed by atoms with E-state index < -0.39 is 5.97 Å². The van der Waals surface area contributed by atoms with E-state index >= 15 is 0 Å². The Morgan fingerprint density at radius 2 is 2.08 bits per heavy atom. The van der Waals surface area contributed by atoms with Crippen molar-refractivity contribution < 1.29 is 19.1 Å². The molecule has 0 amide bonds. The number of aromatic nitrogens is 1. The summed E-state index contributed by atoms with van der Waals surface area (Å²) in [5, 5.41) is 0. The van der Waals surface area contributed by atoms with Gasteiger partial charge in [0.05, 0.1) is 12.2 Å². The summed E-state index contributed by atoms with van der Waals surface area (Å²) >= 11 is 0. The average molecular weight is 352 g/mol. The predicted molar refractivity (Wildman–Crippen MR) is 98.0 cm³/mol. The van der Waals surface area contributed by atoms with Crippen molar-refractivity contribution >= 4 is 23.9 Å². The fourth-order valence-electron chi connectivity index (χ4n) is 2.88. The van der Waals surface area contributed by atoms with Crippen molar-refractivity contribution in [1.82, 2.24) is 4.98 Å². The van der Waals surface area contributed by atoms with Gasteiger partial charge in [-0.1, -0.05) is 17.7 Å². The van der Waals surface area contributed by atoms with Crippen LogP contribution >= 0.6 is 0 Å². The van der Waals surface area contributed by atoms with Gasteiger partial charge in [-0.05, 0) is 51.5 Å². The molecule has 3 rings (SSSR count). The standard InChI is InChI=1S/C20H20N2O4/c1-5-25-20(24)17-12(3)15(21-13(17)4)10-16-19(23)26-18(22-16)14-8-6-7-11(2)9-14/h6-10,21H,5H2,1-4H3/b16-10-. The fraction of sp³-hybridized carbons (Fsp3) is 0.250. The first kappa shape index (κ1) is 17.7. The minimum Gasteiger partial charge on any atom is -0.462 e. The number of cyclic esters (lactones) is 1. The quantitative estimate of drug-likeness (QED) is 0.675. The highest BCUT2D eigenvalue weighted by Crippen LogP contribution is 2.24. The van der Waals surface area contributed by atoms with Gasteiger partial charge < -0.3 is 14.5 Å². The van der Waals surface area contributed by atoms with E-state index in [9.17, 15) is 9.59 Å². The van der Waals surface area contributed by atoms with Gasteiger partial charge in [0.1, 0.15) is 0 Å². The lowest BCUT2D eigenvalue weighted by Crippen LogP contribution is -2.06. The number of aliphatic imine (C=N–C) groups is 1. The zero-order valence-electron chi connectivity index (χ0n) is 15.2. The van der Waals surface area contributed by atoms with Crippen LogP contribution in [-0.2, 0) is 14.3 Å². The monoisotopic (exact) mass is 352 g/mol. The summed E-state index contributed by atoms with van der Waals surface area (Å²) in [6.45, 7) is 7.60. The Bertz CT molecular complexity index is 951. The molecule has 0 bridgehead atoms. The van der Waals surface area contributed by atoms with E-state index in [0.29, 0.717) is 29.1 Å². The van der Waals surface area contributed by atoms with Crippen LogP contribution in [0.25, 0.3) is 6.08 Å². The van der Waals surface area contributed by atoms with Crippen LogP contribution in [0.3, 0.4) is 0 Å². The van der Waals surface area contributed by atoms with Crippen LogP contribution in [0.15, 0.2) is 35.0 Å². The third-order valence-electron chi connectivity index (χ3n) is 4.12. The van der Waals surface area contributed by atoms with Gasteiger partial charge in [0.15, 0.2) is 5.70 Å². The molecule has 2 heterocycles. The van der Waals surface area contributed by atoms with Crippen LogP contribution in [-0.4, -0.2) is 29.4 Å². The van der Waals surface area contributed by atoms with Crippen LogP contribution in [0.2, 0.25) is 0 Å². The zero-order chi connectivity index (χ0) is 18.8. The first-order chi connectivity index (χ1) is 12.4. The first-order valence-electron chi connectivity index (χ1n) is 8.36. The number of aryl methyl sites for hydroxylation is 2. The van der Waals surface area contributed by atoms with E-state index in [1.807, 2.05) is 31.2 Å². The Morgan fingerprint density at radius 1 is 1.31 bits per heavy atom. The van der Waals surface area contributed by atoms with Crippen molar-refractivity contribution in [2.24, 2.45) is 4.99 Å². The summed E-state index contributed by atoms with van der Waals surface area (Å²) in [4.78, 5) is 31.7. The maximum Gasteiger partial charge on any atom is 0.363 e. The van der Waals surface area contributed by atoms with Gasteiger partial charge in [0, 0.05) is 17.0 Å². The van der Waals surface area contributed by atoms with E-state index in [0.717, 1.165) is 11.1 Å². The molecule has 0 saturated carbocycles. The second-order valence-electron chi connectivity index (χ2n) is 6.09. The van der Waals surface area contributed by atoms with Crippen LogP contribution in [0.4, 0.5) is 0 Å². The molecule has 0 fully saturated rings. The minimum absolute atomic E-state index is 0.182. The maximum atomic E-state index is 12.2. The molecule has 1 aromatic heterocycles. The van der Waals surface area contributed by atoms with Crippen molar-refractivity contribution in [1.29, 1.82) is 0 Å². The number of ether oxygens (including phenoxy) is 2. The average Bonchev–Trinajstić information content (AvgIpc) is 3.08. The van der Waals surface area contributed by atoms with Crippen LogP contribution in [0.1, 0.15) is 45.4 Å². The van der Waals surface area contributed by atoms with E-state index in [1.165, 1.54) is 0 Å². The van der Waals surface area contributed by atoms with Crippen molar-refractivity contribution in [3.05, 3.63) is 63.6 Å². The Hall–Kier alpha value is -3.15. The topological polar surface area (TPSA) is 80.8 Å². The number of aromatic amines is 1. The zero-order valence-corrected chi connectivity index (χ0v) is 15.2. The molecule has 0 radical (unpaired) electrons. The highest BCUT2D eigenvalue weighted by molar-refractivity contribution is 6.13. The summed E-state index contributed by atoms with van der Waals surface area (Å²) in [5.41, 5.74) is 4.48. The Labute approximate surface area is 151 Å². The minimum atomic E-state index is -0.522. The summed E-state index contributed by atoms with van der Waals surface area (Å²) in [6, 6.07) is 7.58. The third-order valence-corrected chi connectivity index (χ3v) is 4.12. The van der Waals surface area contributed by atoms with E-state index in [4.69, 9.17) is 9.47 Å². The lowest BCUT2D eigenvalue weighted by Gasteiger charge is -2.01. The molecule has 0 spiro atoms. The number of carbonyl (C=O) groups is 2. The molecule has 0 aliphatic carbocycles. The molecule has 0 unspecified atom stereocenters. The number of hydrogen-bond donors (Lipinski definition) is 1. The molecule has 1 aromatic carbocycles. The van der Waals surface area contributed by atoms with Crippen LogP contribution in [0.5, 0.6) is 0 Å². The normalized spacial score (nSPS) is 15.2. The molecular formula is C20H20N2O4. The number of carbonyl (C=O) groups excluding carboxylic acids is 2. The largest absolute Gasteiger partial charge is 0.462 e. The molecule has 26 heavy (non-hydrogen) atoms. The van der Waals surface area contributed by atoms with Gasteiger partial charge in [-0.3, -0.25) is 0 Å². The second kappa shape index (κ2) is 7.00. The van der Waals surface area contributed by atoms with Crippen molar-refractivity contribution in [3.8, 4) is 0 Å². The lowest BCUT2D eigenvalue weighted by molar-refractivity contribution is -0.129. The molecule has 2 aromatic rings. The predicted octanol–water partition coefficient (Wildman–Crippen LogP) is 3.46. The number of esters is 2. The van der Waals surface area contributed by atoms with Gasteiger partial charge in [-0.25, -0.2) is 14.6 Å². The van der Waals surface area contributed by atoms with Crippen LogP contribution < -0.4 is 0 Å². The van der Waals surface area contributed by atoms with E-state index in [-0.39, 0.29) is 17.6 Å². The number of nitrogens with zero attached hydrogens (tertiary/aromatic N) is 1. The van der Waals surface area contributed by atoms with Crippen molar-refractivity contribution in [3.63, 3.8) is 0 Å². The Balaban J connectivity index is 1.96. The number of nitrogens with one attached hydrogen (secondary N) is 1. The molecule has 1 N–H and O–H groups in total. The highest BCUT2D eigenvalue weighted by Gasteiger charge is 2.26. The molecule has 1 aliphatic rings.